The van der Waals surface area contributed by atoms with E-state index < -0.39 is 6.10 Å². The summed E-state index contributed by atoms with van der Waals surface area (Å²) >= 11 is 0. The van der Waals surface area contributed by atoms with Gasteiger partial charge < -0.3 is 5.11 Å². The fourth-order valence-corrected chi connectivity index (χ4v) is 1.70. The van der Waals surface area contributed by atoms with Crippen LogP contribution in [0.2, 0.25) is 0 Å². The largest absolute Gasteiger partial charge is 0.389 e. The first kappa shape index (κ1) is 11.7. The van der Waals surface area contributed by atoms with E-state index in [2.05, 4.69) is 15.0 Å². The summed E-state index contributed by atoms with van der Waals surface area (Å²) in [5.74, 6) is 0.762. The molecule has 88 valence electrons. The van der Waals surface area contributed by atoms with Gasteiger partial charge in [-0.3, -0.25) is 4.98 Å². The maximum absolute atomic E-state index is 9.50. The molecule has 4 nitrogen and oxygen atoms in total. The number of aliphatic hydroxyl groups excluding tert-OH is 1. The topological polar surface area (TPSA) is 58.9 Å². The highest BCUT2D eigenvalue weighted by molar-refractivity contribution is 5.21. The van der Waals surface area contributed by atoms with Crippen LogP contribution < -0.4 is 0 Å². The third-order valence-corrected chi connectivity index (χ3v) is 2.63. The van der Waals surface area contributed by atoms with E-state index in [1.165, 1.54) is 0 Å². The van der Waals surface area contributed by atoms with E-state index in [4.69, 9.17) is 0 Å². The third-order valence-electron chi connectivity index (χ3n) is 2.63. The number of hydrogen-bond acceptors (Lipinski definition) is 4. The van der Waals surface area contributed by atoms with Crippen LogP contribution in [0.15, 0.2) is 30.7 Å². The minimum Gasteiger partial charge on any atom is -0.389 e. The Morgan fingerprint density at radius 1 is 1.29 bits per heavy atom. The molecular weight excluding hydrogens is 214 g/mol. The predicted octanol–water partition coefficient (Wildman–Crippen LogP) is 1.82. The van der Waals surface area contributed by atoms with Crippen molar-refractivity contribution in [2.75, 3.05) is 0 Å². The molecule has 0 spiro atoms. The Balaban J connectivity index is 2.21. The molecule has 0 amide bonds. The predicted molar refractivity (Wildman–Crippen MR) is 64.4 cm³/mol. The summed E-state index contributed by atoms with van der Waals surface area (Å²) in [5.41, 5.74) is 2.74. The molecule has 0 saturated carbocycles. The van der Waals surface area contributed by atoms with E-state index in [1.807, 2.05) is 19.1 Å². The number of aliphatic hydroxyl groups is 1. The molecule has 0 fully saturated rings. The zero-order valence-electron chi connectivity index (χ0n) is 9.96. The average molecular weight is 229 g/mol. The van der Waals surface area contributed by atoms with Gasteiger partial charge in [0.05, 0.1) is 6.10 Å². The Labute approximate surface area is 100 Å². The van der Waals surface area contributed by atoms with E-state index in [9.17, 15) is 5.11 Å². The van der Waals surface area contributed by atoms with Gasteiger partial charge in [-0.2, -0.15) is 0 Å². The quantitative estimate of drug-likeness (QED) is 0.872. The molecule has 0 aliphatic heterocycles. The van der Waals surface area contributed by atoms with Gasteiger partial charge in [0.1, 0.15) is 5.82 Å². The van der Waals surface area contributed by atoms with Crippen molar-refractivity contribution in [1.82, 2.24) is 15.0 Å². The van der Waals surface area contributed by atoms with E-state index in [0.717, 1.165) is 22.6 Å². The highest BCUT2D eigenvalue weighted by Gasteiger charge is 2.08. The number of aryl methyl sites for hydroxylation is 1. The highest BCUT2D eigenvalue weighted by Crippen LogP contribution is 2.14. The number of aromatic nitrogens is 3. The number of hydrogen-bond donors (Lipinski definition) is 1. The summed E-state index contributed by atoms with van der Waals surface area (Å²) < 4.78 is 0. The fraction of sp³-hybridized carbons (Fsp3) is 0.308. The normalized spacial score (nSPS) is 12.4. The standard InChI is InChI=1S/C13H15N3O/c1-9-12(10(2)17)8-15-13(16-9)7-11-3-5-14-6-4-11/h3-6,8,10,17H,7H2,1-2H3/t10-/m1/s1. The smallest absolute Gasteiger partial charge is 0.132 e. The molecule has 2 rings (SSSR count). The molecule has 2 heterocycles. The molecule has 1 N–H and O–H groups in total. The van der Waals surface area contributed by atoms with Gasteiger partial charge in [-0.05, 0) is 31.5 Å². The average Bonchev–Trinajstić information content (AvgIpc) is 2.30. The Bertz CT molecular complexity index is 497. The first-order valence-electron chi connectivity index (χ1n) is 5.56. The molecule has 4 heteroatoms. The molecule has 0 aliphatic rings. The molecule has 0 saturated heterocycles. The van der Waals surface area contributed by atoms with Gasteiger partial charge in [0.15, 0.2) is 0 Å². The Hall–Kier alpha value is -1.81. The minimum atomic E-state index is -0.523. The van der Waals surface area contributed by atoms with Crippen molar-refractivity contribution in [3.05, 3.63) is 53.4 Å². The van der Waals surface area contributed by atoms with Crippen LogP contribution in [-0.4, -0.2) is 20.1 Å². The zero-order valence-corrected chi connectivity index (χ0v) is 9.96. The molecule has 2 aromatic rings. The van der Waals surface area contributed by atoms with Gasteiger partial charge in [-0.15, -0.1) is 0 Å². The maximum Gasteiger partial charge on any atom is 0.132 e. The number of rotatable bonds is 3. The molecule has 0 radical (unpaired) electrons. The zero-order chi connectivity index (χ0) is 12.3. The van der Waals surface area contributed by atoms with Crippen LogP contribution in [0.25, 0.3) is 0 Å². The van der Waals surface area contributed by atoms with Crippen molar-refractivity contribution < 1.29 is 5.11 Å². The van der Waals surface area contributed by atoms with Crippen LogP contribution >= 0.6 is 0 Å². The molecule has 0 unspecified atom stereocenters. The van der Waals surface area contributed by atoms with E-state index in [1.54, 1.807) is 25.5 Å². The molecule has 1 atom stereocenters. The number of nitrogens with zero attached hydrogens (tertiary/aromatic N) is 3. The van der Waals surface area contributed by atoms with Gasteiger partial charge in [0.2, 0.25) is 0 Å². The summed E-state index contributed by atoms with van der Waals surface area (Å²) in [5, 5.41) is 9.50. The summed E-state index contributed by atoms with van der Waals surface area (Å²) in [6.45, 7) is 3.61. The van der Waals surface area contributed by atoms with Gasteiger partial charge in [-0.1, -0.05) is 0 Å². The Kier molecular flexibility index (Phi) is 3.44. The summed E-state index contributed by atoms with van der Waals surface area (Å²) in [6, 6.07) is 3.89. The van der Waals surface area contributed by atoms with Crippen molar-refractivity contribution >= 4 is 0 Å². The molecular formula is C13H15N3O. The lowest BCUT2D eigenvalue weighted by Crippen LogP contribution is -2.04. The number of pyridine rings is 1. The fourth-order valence-electron chi connectivity index (χ4n) is 1.70. The van der Waals surface area contributed by atoms with E-state index in [0.29, 0.717) is 6.42 Å². The molecule has 0 aliphatic carbocycles. The second kappa shape index (κ2) is 5.01. The SMILES string of the molecule is Cc1nc(Cc2ccncc2)ncc1[C@@H](C)O. The highest BCUT2D eigenvalue weighted by atomic mass is 16.3. The summed E-state index contributed by atoms with van der Waals surface area (Å²) in [6.07, 6.45) is 5.37. The Morgan fingerprint density at radius 3 is 2.59 bits per heavy atom. The van der Waals surface area contributed by atoms with Gasteiger partial charge in [0, 0.05) is 36.3 Å². The molecule has 2 aromatic heterocycles. The lowest BCUT2D eigenvalue weighted by molar-refractivity contribution is 0.197. The second-order valence-corrected chi connectivity index (χ2v) is 4.04. The van der Waals surface area contributed by atoms with Crippen molar-refractivity contribution in [3.8, 4) is 0 Å². The van der Waals surface area contributed by atoms with Crippen molar-refractivity contribution in [3.63, 3.8) is 0 Å². The van der Waals surface area contributed by atoms with Crippen molar-refractivity contribution in [2.45, 2.75) is 26.4 Å². The lowest BCUT2D eigenvalue weighted by Gasteiger charge is -2.08. The minimum absolute atomic E-state index is 0.523. The van der Waals surface area contributed by atoms with Crippen molar-refractivity contribution in [1.29, 1.82) is 0 Å². The van der Waals surface area contributed by atoms with Crippen LogP contribution in [-0.2, 0) is 6.42 Å². The van der Waals surface area contributed by atoms with Crippen LogP contribution in [0.1, 0.15) is 35.7 Å². The van der Waals surface area contributed by atoms with Crippen LogP contribution in [0, 0.1) is 6.92 Å². The maximum atomic E-state index is 9.50. The first-order valence-corrected chi connectivity index (χ1v) is 5.56. The molecule has 0 bridgehead atoms. The monoisotopic (exact) mass is 229 g/mol. The van der Waals surface area contributed by atoms with Gasteiger partial charge in [-0.25, -0.2) is 9.97 Å². The third kappa shape index (κ3) is 2.85. The van der Waals surface area contributed by atoms with Crippen LogP contribution in [0.3, 0.4) is 0 Å². The van der Waals surface area contributed by atoms with Crippen LogP contribution in [0.5, 0.6) is 0 Å². The molecule has 17 heavy (non-hydrogen) atoms. The summed E-state index contributed by atoms with van der Waals surface area (Å²) in [7, 11) is 0. The van der Waals surface area contributed by atoms with E-state index >= 15 is 0 Å². The summed E-state index contributed by atoms with van der Waals surface area (Å²) in [4.78, 5) is 12.6. The van der Waals surface area contributed by atoms with Crippen molar-refractivity contribution in [2.24, 2.45) is 0 Å². The molecule has 0 aromatic carbocycles. The van der Waals surface area contributed by atoms with E-state index in [-0.39, 0.29) is 0 Å². The lowest BCUT2D eigenvalue weighted by atomic mass is 10.1. The van der Waals surface area contributed by atoms with Gasteiger partial charge in [0.25, 0.3) is 0 Å². The first-order chi connectivity index (χ1) is 8.16. The van der Waals surface area contributed by atoms with Gasteiger partial charge >= 0.3 is 0 Å². The van der Waals surface area contributed by atoms with Crippen LogP contribution in [0.4, 0.5) is 0 Å². The second-order valence-electron chi connectivity index (χ2n) is 4.04. The Morgan fingerprint density at radius 2 is 2.00 bits per heavy atom.